The summed E-state index contributed by atoms with van der Waals surface area (Å²) in [6.07, 6.45) is -2.59. The molecule has 4 heterocycles. The molecule has 8 nitrogen and oxygen atoms in total. The van der Waals surface area contributed by atoms with Crippen LogP contribution in [0.2, 0.25) is 0 Å². The van der Waals surface area contributed by atoms with Crippen LogP contribution in [0.4, 0.5) is 30.6 Å². The fraction of sp³-hybridized carbons (Fsp3) is 0.286. The Hall–Kier alpha value is -3.41. The molecule has 0 radical (unpaired) electrons. The van der Waals surface area contributed by atoms with Crippen LogP contribution in [0.25, 0.3) is 11.3 Å². The lowest BCUT2D eigenvalue weighted by atomic mass is 10.1. The van der Waals surface area contributed by atoms with Gasteiger partial charge in [0.05, 0.1) is 11.3 Å². The first-order valence-electron chi connectivity index (χ1n) is 10.0. The predicted octanol–water partition coefficient (Wildman–Crippen LogP) is 3.63. The van der Waals surface area contributed by atoms with E-state index in [1.807, 2.05) is 4.90 Å². The van der Waals surface area contributed by atoms with Crippen molar-refractivity contribution in [2.24, 2.45) is 0 Å². The zero-order valence-corrected chi connectivity index (χ0v) is 18.7. The van der Waals surface area contributed by atoms with E-state index in [0.29, 0.717) is 31.1 Å². The van der Waals surface area contributed by atoms with Crippen LogP contribution in [0.3, 0.4) is 0 Å². The molecule has 174 valence electrons. The molecule has 0 unspecified atom stereocenters. The monoisotopic (exact) mass is 478 g/mol. The van der Waals surface area contributed by atoms with Gasteiger partial charge >= 0.3 is 6.18 Å². The molecule has 0 atom stereocenters. The Labute approximate surface area is 189 Å². The molecule has 1 aliphatic heterocycles. The average molecular weight is 479 g/mol. The minimum atomic E-state index is -4.70. The number of pyridine rings is 3. The van der Waals surface area contributed by atoms with Gasteiger partial charge in [0.25, 0.3) is 10.0 Å². The molecule has 3 aromatic rings. The third-order valence-electron chi connectivity index (χ3n) is 5.21. The number of rotatable bonds is 0. The molecule has 0 fully saturated rings. The van der Waals surface area contributed by atoms with Crippen LogP contribution >= 0.6 is 0 Å². The Morgan fingerprint density at radius 1 is 0.970 bits per heavy atom. The lowest BCUT2D eigenvalue weighted by Crippen LogP contribution is -2.27. The van der Waals surface area contributed by atoms with Crippen molar-refractivity contribution < 1.29 is 21.6 Å². The molecule has 33 heavy (non-hydrogen) atoms. The number of alkyl halides is 3. The number of nitrogens with one attached hydrogen (secondary N) is 1. The maximum Gasteiger partial charge on any atom is 0.418 e. The van der Waals surface area contributed by atoms with Gasteiger partial charge in [-0.2, -0.15) is 21.6 Å². The number of hydrogen-bond donors (Lipinski definition) is 1. The summed E-state index contributed by atoms with van der Waals surface area (Å²) in [5, 5.41) is -0.260. The Balaban J connectivity index is 1.93. The standard InChI is InChI=1S/C21H21F3N6O2S/c1-29-12-5-13-30(2)20-14(6-4-11-25-20)19-15(21(22,23)24)9-10-16(26-19)28-33(31,32)18-8-3-7-17(29)27-18/h3-4,6-11H,5,12-13H2,1-2H3,(H,26,28). The number of nitrogens with zero attached hydrogens (tertiary/aromatic N) is 5. The first kappa shape index (κ1) is 22.8. The van der Waals surface area contributed by atoms with Crippen molar-refractivity contribution in [3.05, 3.63) is 54.2 Å². The van der Waals surface area contributed by atoms with E-state index in [9.17, 15) is 21.6 Å². The molecule has 0 aliphatic carbocycles. The third kappa shape index (κ3) is 4.70. The van der Waals surface area contributed by atoms with Crippen molar-refractivity contribution in [2.45, 2.75) is 17.6 Å². The number of aromatic nitrogens is 3. The predicted molar refractivity (Wildman–Crippen MR) is 119 cm³/mol. The smallest absolute Gasteiger partial charge is 0.360 e. The van der Waals surface area contributed by atoms with Crippen molar-refractivity contribution in [3.63, 3.8) is 0 Å². The van der Waals surface area contributed by atoms with Crippen LogP contribution in [-0.4, -0.2) is 50.6 Å². The van der Waals surface area contributed by atoms with Crippen molar-refractivity contribution >= 4 is 27.5 Å². The molecule has 1 aliphatic rings. The highest BCUT2D eigenvalue weighted by Gasteiger charge is 2.36. The summed E-state index contributed by atoms with van der Waals surface area (Å²) in [5.74, 6) is 0.507. The highest BCUT2D eigenvalue weighted by atomic mass is 32.2. The molecule has 0 amide bonds. The van der Waals surface area contributed by atoms with Crippen molar-refractivity contribution in [1.82, 2.24) is 15.0 Å². The summed E-state index contributed by atoms with van der Waals surface area (Å²) in [7, 11) is -0.667. The Kier molecular flexibility index (Phi) is 5.87. The molecular formula is C21H21F3N6O2S. The van der Waals surface area contributed by atoms with E-state index in [1.165, 1.54) is 24.4 Å². The molecule has 4 bridgehead atoms. The Morgan fingerprint density at radius 2 is 1.73 bits per heavy atom. The average Bonchev–Trinajstić information content (AvgIpc) is 2.77. The van der Waals surface area contributed by atoms with Crippen LogP contribution in [0.15, 0.2) is 53.7 Å². The van der Waals surface area contributed by atoms with Gasteiger partial charge in [0.1, 0.15) is 17.5 Å². The molecule has 1 N–H and O–H groups in total. The summed E-state index contributed by atoms with van der Waals surface area (Å²) in [6.45, 7) is 1.03. The lowest BCUT2D eigenvalue weighted by Gasteiger charge is -2.24. The number of anilines is 3. The summed E-state index contributed by atoms with van der Waals surface area (Å²) in [6, 6.07) is 9.36. The minimum Gasteiger partial charge on any atom is -0.360 e. The zero-order chi connectivity index (χ0) is 23.8. The molecule has 12 heteroatoms. The molecular weight excluding hydrogens is 457 g/mol. The second kappa shape index (κ2) is 8.50. The SMILES string of the molecule is CN1CCCN(C)c2ncccc2-c2nc(ccc2C(F)(F)F)NS(=O)(=O)c2cccc1n2. The van der Waals surface area contributed by atoms with Gasteiger partial charge < -0.3 is 9.80 Å². The highest BCUT2D eigenvalue weighted by Crippen LogP contribution is 2.39. The van der Waals surface area contributed by atoms with Gasteiger partial charge in [0.2, 0.25) is 0 Å². The van der Waals surface area contributed by atoms with E-state index in [0.717, 1.165) is 12.1 Å². The zero-order valence-electron chi connectivity index (χ0n) is 17.8. The fourth-order valence-corrected chi connectivity index (χ4v) is 4.52. The van der Waals surface area contributed by atoms with Crippen LogP contribution in [0.1, 0.15) is 12.0 Å². The molecule has 0 aromatic carbocycles. The van der Waals surface area contributed by atoms with Crippen molar-refractivity contribution in [1.29, 1.82) is 0 Å². The highest BCUT2D eigenvalue weighted by molar-refractivity contribution is 7.92. The largest absolute Gasteiger partial charge is 0.418 e. The Morgan fingerprint density at radius 3 is 2.48 bits per heavy atom. The van der Waals surface area contributed by atoms with Gasteiger partial charge in [0, 0.05) is 38.9 Å². The number of fused-ring (bicyclic) bond motifs is 6. The maximum atomic E-state index is 13.8. The summed E-state index contributed by atoms with van der Waals surface area (Å²) in [5.41, 5.74) is -1.25. The molecule has 0 saturated carbocycles. The van der Waals surface area contributed by atoms with Crippen LogP contribution in [0.5, 0.6) is 0 Å². The van der Waals surface area contributed by atoms with Gasteiger partial charge in [-0.3, -0.25) is 4.72 Å². The van der Waals surface area contributed by atoms with E-state index >= 15 is 0 Å². The van der Waals surface area contributed by atoms with Gasteiger partial charge in [-0.25, -0.2) is 15.0 Å². The maximum absolute atomic E-state index is 13.8. The molecule has 0 saturated heterocycles. The van der Waals surface area contributed by atoms with E-state index in [-0.39, 0.29) is 16.4 Å². The second-order valence-electron chi connectivity index (χ2n) is 7.60. The summed E-state index contributed by atoms with van der Waals surface area (Å²) >= 11 is 0. The van der Waals surface area contributed by atoms with E-state index < -0.39 is 27.5 Å². The van der Waals surface area contributed by atoms with Crippen LogP contribution in [0, 0.1) is 0 Å². The van der Waals surface area contributed by atoms with E-state index in [4.69, 9.17) is 0 Å². The number of halogens is 3. The van der Waals surface area contributed by atoms with Gasteiger partial charge in [-0.15, -0.1) is 0 Å². The van der Waals surface area contributed by atoms with Crippen molar-refractivity contribution in [2.75, 3.05) is 41.7 Å². The molecule has 3 aromatic heterocycles. The molecule has 0 spiro atoms. The van der Waals surface area contributed by atoms with Crippen molar-refractivity contribution in [3.8, 4) is 11.3 Å². The van der Waals surface area contributed by atoms with E-state index in [2.05, 4.69) is 19.7 Å². The quantitative estimate of drug-likeness (QED) is 0.528. The lowest BCUT2D eigenvalue weighted by molar-refractivity contribution is -0.137. The fourth-order valence-electron chi connectivity index (χ4n) is 3.56. The normalized spacial score (nSPS) is 16.3. The van der Waals surface area contributed by atoms with Crippen LogP contribution < -0.4 is 14.5 Å². The Bertz CT molecular complexity index is 1280. The first-order chi connectivity index (χ1) is 15.6. The number of hydrogen-bond acceptors (Lipinski definition) is 7. The van der Waals surface area contributed by atoms with Gasteiger partial charge in [-0.1, -0.05) is 6.07 Å². The topological polar surface area (TPSA) is 91.3 Å². The second-order valence-corrected chi connectivity index (χ2v) is 9.23. The molecule has 4 rings (SSSR count). The van der Waals surface area contributed by atoms with Gasteiger partial charge in [0.15, 0.2) is 5.03 Å². The first-order valence-corrected chi connectivity index (χ1v) is 11.5. The van der Waals surface area contributed by atoms with Gasteiger partial charge in [-0.05, 0) is 42.8 Å². The van der Waals surface area contributed by atoms with E-state index in [1.54, 1.807) is 31.1 Å². The third-order valence-corrected chi connectivity index (χ3v) is 6.46. The summed E-state index contributed by atoms with van der Waals surface area (Å²) < 4.78 is 69.6. The summed E-state index contributed by atoms with van der Waals surface area (Å²) in [4.78, 5) is 16.1. The van der Waals surface area contributed by atoms with Crippen LogP contribution in [-0.2, 0) is 16.2 Å². The minimum absolute atomic E-state index is 0.148. The number of sulfonamides is 1.